The Morgan fingerprint density at radius 1 is 0.762 bits per heavy atom. The molecule has 2 aromatic rings. The lowest BCUT2D eigenvalue weighted by Crippen LogP contribution is -2.06. The van der Waals surface area contributed by atoms with Crippen LogP contribution in [0, 0.1) is 0 Å². The van der Waals surface area contributed by atoms with Crippen LogP contribution in [0.15, 0.2) is 60.7 Å². The zero-order valence-corrected chi connectivity index (χ0v) is 13.3. The Balaban J connectivity index is 2.24. The second-order valence-electron chi connectivity index (χ2n) is 4.37. The van der Waals surface area contributed by atoms with Gasteiger partial charge in [0.05, 0.1) is 13.2 Å². The van der Waals surface area contributed by atoms with Crippen molar-refractivity contribution in [3.05, 3.63) is 71.8 Å². The molecule has 4 heteroatoms. The van der Waals surface area contributed by atoms with E-state index in [4.69, 9.17) is 13.6 Å². The van der Waals surface area contributed by atoms with E-state index in [0.717, 1.165) is 11.1 Å². The van der Waals surface area contributed by atoms with Crippen molar-refractivity contribution >= 4 is 8.60 Å². The molecule has 112 valence electrons. The molecule has 2 aromatic carbocycles. The molecule has 0 saturated heterocycles. The molecule has 0 N–H and O–H groups in total. The van der Waals surface area contributed by atoms with Gasteiger partial charge in [0.25, 0.3) is 0 Å². The lowest BCUT2D eigenvalue weighted by atomic mass is 10.0. The van der Waals surface area contributed by atoms with Gasteiger partial charge in [0.15, 0.2) is 0 Å². The minimum absolute atomic E-state index is 0.184. The highest BCUT2D eigenvalue weighted by molar-refractivity contribution is 7.41. The van der Waals surface area contributed by atoms with E-state index in [1.807, 2.05) is 50.2 Å². The van der Waals surface area contributed by atoms with Crippen molar-refractivity contribution in [3.63, 3.8) is 0 Å². The van der Waals surface area contributed by atoms with Crippen LogP contribution in [0.1, 0.15) is 31.1 Å². The molecule has 0 bridgehead atoms. The molecule has 0 heterocycles. The van der Waals surface area contributed by atoms with E-state index in [2.05, 4.69) is 24.3 Å². The van der Waals surface area contributed by atoms with Crippen molar-refractivity contribution in [3.8, 4) is 0 Å². The fraction of sp³-hybridized carbons (Fsp3) is 0.294. The minimum atomic E-state index is -1.35. The van der Waals surface area contributed by atoms with Gasteiger partial charge in [-0.2, -0.15) is 0 Å². The van der Waals surface area contributed by atoms with Gasteiger partial charge in [-0.05, 0) is 25.0 Å². The lowest BCUT2D eigenvalue weighted by Gasteiger charge is -2.23. The maximum atomic E-state index is 6.12. The third-order valence-corrected chi connectivity index (χ3v) is 4.19. The van der Waals surface area contributed by atoms with E-state index in [-0.39, 0.29) is 6.10 Å². The largest absolute Gasteiger partial charge is 0.333 e. The van der Waals surface area contributed by atoms with Gasteiger partial charge in [-0.3, -0.25) is 4.52 Å². The summed E-state index contributed by atoms with van der Waals surface area (Å²) in [6, 6.07) is 20.3. The SMILES string of the molecule is CCOP(OCC)OC(c1ccccc1)c1ccccc1. The van der Waals surface area contributed by atoms with Gasteiger partial charge in [-0.15, -0.1) is 0 Å². The Hall–Kier alpha value is -1.25. The van der Waals surface area contributed by atoms with Crippen molar-refractivity contribution in [1.82, 2.24) is 0 Å². The van der Waals surface area contributed by atoms with Crippen LogP contribution in [0.2, 0.25) is 0 Å². The smallest absolute Gasteiger partial charge is 0.313 e. The van der Waals surface area contributed by atoms with Crippen LogP contribution in [0.4, 0.5) is 0 Å². The van der Waals surface area contributed by atoms with Gasteiger partial charge in [0, 0.05) is 0 Å². The van der Waals surface area contributed by atoms with Crippen LogP contribution in [0.3, 0.4) is 0 Å². The van der Waals surface area contributed by atoms with Crippen LogP contribution >= 0.6 is 8.60 Å². The highest BCUT2D eigenvalue weighted by Crippen LogP contribution is 2.46. The molecule has 0 aliphatic heterocycles. The first-order valence-electron chi connectivity index (χ1n) is 7.17. The number of hydrogen-bond acceptors (Lipinski definition) is 3. The molecule has 0 unspecified atom stereocenters. The normalized spacial score (nSPS) is 11.2. The van der Waals surface area contributed by atoms with E-state index in [9.17, 15) is 0 Å². The maximum Gasteiger partial charge on any atom is 0.333 e. The number of rotatable bonds is 8. The van der Waals surface area contributed by atoms with E-state index in [1.54, 1.807) is 0 Å². The highest BCUT2D eigenvalue weighted by Gasteiger charge is 2.22. The predicted octanol–water partition coefficient (Wildman–Crippen LogP) is 5.09. The Morgan fingerprint density at radius 2 is 1.19 bits per heavy atom. The third-order valence-electron chi connectivity index (χ3n) is 2.87. The molecule has 0 atom stereocenters. The van der Waals surface area contributed by atoms with Crippen molar-refractivity contribution in [2.45, 2.75) is 20.0 Å². The molecule has 21 heavy (non-hydrogen) atoms. The molecule has 0 aliphatic rings. The topological polar surface area (TPSA) is 27.7 Å². The first-order valence-corrected chi connectivity index (χ1v) is 8.27. The highest BCUT2D eigenvalue weighted by atomic mass is 31.2. The summed E-state index contributed by atoms with van der Waals surface area (Å²) in [7, 11) is -1.35. The fourth-order valence-corrected chi connectivity index (χ4v) is 3.00. The van der Waals surface area contributed by atoms with Crippen LogP contribution in [-0.4, -0.2) is 13.2 Å². The van der Waals surface area contributed by atoms with Crippen LogP contribution in [0.5, 0.6) is 0 Å². The van der Waals surface area contributed by atoms with Gasteiger partial charge in [0.1, 0.15) is 6.10 Å². The monoisotopic (exact) mass is 304 g/mol. The molecule has 0 fully saturated rings. The molecule has 3 nitrogen and oxygen atoms in total. The van der Waals surface area contributed by atoms with E-state index >= 15 is 0 Å². The van der Waals surface area contributed by atoms with Gasteiger partial charge in [-0.25, -0.2) is 0 Å². The Morgan fingerprint density at radius 3 is 1.57 bits per heavy atom. The van der Waals surface area contributed by atoms with E-state index < -0.39 is 8.60 Å². The Kier molecular flexibility index (Phi) is 6.84. The molecule has 0 saturated carbocycles. The first kappa shape index (κ1) is 16.1. The first-order chi connectivity index (χ1) is 10.3. The van der Waals surface area contributed by atoms with Gasteiger partial charge in [0.2, 0.25) is 0 Å². The van der Waals surface area contributed by atoms with Crippen LogP contribution in [0.25, 0.3) is 0 Å². The molecule has 0 spiro atoms. The number of hydrogen-bond donors (Lipinski definition) is 0. The summed E-state index contributed by atoms with van der Waals surface area (Å²) in [5.74, 6) is 0. The van der Waals surface area contributed by atoms with Crippen molar-refractivity contribution in [2.75, 3.05) is 13.2 Å². The van der Waals surface area contributed by atoms with Gasteiger partial charge < -0.3 is 9.05 Å². The van der Waals surface area contributed by atoms with Crippen molar-refractivity contribution < 1.29 is 13.6 Å². The summed E-state index contributed by atoms with van der Waals surface area (Å²) in [6.07, 6.45) is -0.184. The lowest BCUT2D eigenvalue weighted by molar-refractivity contribution is 0.142. The molecular formula is C17H21O3P. The summed E-state index contributed by atoms with van der Waals surface area (Å²) in [5.41, 5.74) is 2.19. The second kappa shape index (κ2) is 8.91. The Labute approximate surface area is 127 Å². The maximum absolute atomic E-state index is 6.12. The van der Waals surface area contributed by atoms with E-state index in [0.29, 0.717) is 13.2 Å². The van der Waals surface area contributed by atoms with Crippen molar-refractivity contribution in [2.24, 2.45) is 0 Å². The summed E-state index contributed by atoms with van der Waals surface area (Å²) in [6.45, 7) is 5.03. The van der Waals surface area contributed by atoms with E-state index in [1.165, 1.54) is 0 Å². The zero-order chi connectivity index (χ0) is 14.9. The molecule has 0 aliphatic carbocycles. The molecule has 0 amide bonds. The molecular weight excluding hydrogens is 283 g/mol. The Bertz CT molecular complexity index is 458. The zero-order valence-electron chi connectivity index (χ0n) is 12.4. The van der Waals surface area contributed by atoms with Crippen LogP contribution < -0.4 is 0 Å². The standard InChI is InChI=1S/C17H21O3P/c1-3-18-21(19-4-2)20-17(15-11-7-5-8-12-15)16-13-9-6-10-14-16/h5-14,17H,3-4H2,1-2H3. The second-order valence-corrected chi connectivity index (χ2v) is 5.54. The number of benzene rings is 2. The average Bonchev–Trinajstić information content (AvgIpc) is 2.54. The van der Waals surface area contributed by atoms with Gasteiger partial charge in [-0.1, -0.05) is 60.7 Å². The quantitative estimate of drug-likeness (QED) is 0.636. The van der Waals surface area contributed by atoms with Crippen molar-refractivity contribution in [1.29, 1.82) is 0 Å². The summed E-state index contributed by atoms with van der Waals surface area (Å²) >= 11 is 0. The summed E-state index contributed by atoms with van der Waals surface area (Å²) in [4.78, 5) is 0. The summed E-state index contributed by atoms with van der Waals surface area (Å²) in [5, 5.41) is 0. The summed E-state index contributed by atoms with van der Waals surface area (Å²) < 4.78 is 17.3. The van der Waals surface area contributed by atoms with Gasteiger partial charge >= 0.3 is 8.60 Å². The minimum Gasteiger partial charge on any atom is -0.313 e. The van der Waals surface area contributed by atoms with Crippen LogP contribution in [-0.2, 0) is 13.6 Å². The third kappa shape index (κ3) is 4.90. The molecule has 0 radical (unpaired) electrons. The fourth-order valence-electron chi connectivity index (χ4n) is 1.96. The average molecular weight is 304 g/mol. The predicted molar refractivity (Wildman–Crippen MR) is 86.0 cm³/mol. The molecule has 0 aromatic heterocycles. The molecule has 2 rings (SSSR count).